The smallest absolute Gasteiger partial charge is 0.208 e. The maximum atomic E-state index is 11.1. The summed E-state index contributed by atoms with van der Waals surface area (Å²) in [7, 11) is -3.23. The normalized spacial score (nSPS) is 11.7. The minimum absolute atomic E-state index is 0.218. The summed E-state index contributed by atoms with van der Waals surface area (Å²) in [5, 5.41) is 8.94. The summed E-state index contributed by atoms with van der Waals surface area (Å²) in [5.74, 6) is 0.863. The number of benzene rings is 1. The molecule has 0 radical (unpaired) electrons. The number of nitrogens with zero attached hydrogens (tertiary/aromatic N) is 3. The van der Waals surface area contributed by atoms with Crippen molar-refractivity contribution in [2.75, 3.05) is 12.8 Å². The number of sulfonamides is 1. The van der Waals surface area contributed by atoms with Crippen LogP contribution in [0.5, 0.6) is 0 Å². The van der Waals surface area contributed by atoms with Gasteiger partial charge in [0.25, 0.3) is 0 Å². The number of imidazole rings is 1. The summed E-state index contributed by atoms with van der Waals surface area (Å²) >= 11 is 5.86. The van der Waals surface area contributed by atoms with Gasteiger partial charge in [0.15, 0.2) is 0 Å². The Hall–Kier alpha value is -1.62. The van der Waals surface area contributed by atoms with E-state index >= 15 is 0 Å². The molecule has 0 saturated heterocycles. The molecule has 1 aromatic heterocycles. The van der Waals surface area contributed by atoms with E-state index in [9.17, 15) is 8.42 Å². The van der Waals surface area contributed by atoms with Gasteiger partial charge in [0, 0.05) is 13.1 Å². The van der Waals surface area contributed by atoms with Crippen LogP contribution in [-0.2, 0) is 22.4 Å². The molecule has 0 bridgehead atoms. The van der Waals surface area contributed by atoms with Crippen LogP contribution in [0.2, 0.25) is 0 Å². The number of alkyl halides is 1. The Morgan fingerprint density at radius 1 is 1.50 bits per heavy atom. The third-order valence-corrected chi connectivity index (χ3v) is 3.74. The molecule has 2 rings (SSSR count). The van der Waals surface area contributed by atoms with Crippen LogP contribution in [0.4, 0.5) is 0 Å². The molecule has 0 atom stereocenters. The van der Waals surface area contributed by atoms with E-state index in [1.165, 1.54) is 0 Å². The molecule has 0 fully saturated rings. The molecule has 0 amide bonds. The van der Waals surface area contributed by atoms with E-state index in [0.717, 1.165) is 17.3 Å². The van der Waals surface area contributed by atoms with E-state index in [4.69, 9.17) is 16.9 Å². The van der Waals surface area contributed by atoms with Gasteiger partial charge in [-0.25, -0.2) is 18.1 Å². The molecular formula is C12H13ClN4O2S. The molecule has 1 aromatic carbocycles. The molecule has 106 valence electrons. The van der Waals surface area contributed by atoms with E-state index < -0.39 is 10.0 Å². The van der Waals surface area contributed by atoms with Gasteiger partial charge in [0.05, 0.1) is 34.8 Å². The lowest BCUT2D eigenvalue weighted by Crippen LogP contribution is -2.26. The third kappa shape index (κ3) is 3.28. The number of aromatic nitrogens is 2. The summed E-state index contributed by atoms with van der Waals surface area (Å²) in [6.07, 6.45) is 1.11. The van der Waals surface area contributed by atoms with Crippen molar-refractivity contribution in [3.8, 4) is 6.07 Å². The molecule has 1 N–H and O–H groups in total. The van der Waals surface area contributed by atoms with Crippen molar-refractivity contribution in [2.24, 2.45) is 0 Å². The van der Waals surface area contributed by atoms with Crippen molar-refractivity contribution in [1.29, 1.82) is 5.26 Å². The average molecular weight is 313 g/mol. The molecule has 0 unspecified atom stereocenters. The lowest BCUT2D eigenvalue weighted by Gasteiger charge is -2.08. The highest BCUT2D eigenvalue weighted by Gasteiger charge is 2.11. The molecule has 20 heavy (non-hydrogen) atoms. The Morgan fingerprint density at radius 2 is 2.25 bits per heavy atom. The van der Waals surface area contributed by atoms with Crippen molar-refractivity contribution in [3.63, 3.8) is 0 Å². The van der Waals surface area contributed by atoms with Crippen LogP contribution in [0.15, 0.2) is 18.2 Å². The van der Waals surface area contributed by atoms with E-state index in [2.05, 4.69) is 15.8 Å². The van der Waals surface area contributed by atoms with Gasteiger partial charge in [0.1, 0.15) is 5.82 Å². The van der Waals surface area contributed by atoms with Gasteiger partial charge in [-0.1, -0.05) is 0 Å². The number of hydrogen-bond acceptors (Lipinski definition) is 4. The Kier molecular flexibility index (Phi) is 4.28. The zero-order valence-electron chi connectivity index (χ0n) is 10.8. The molecule has 0 aliphatic carbocycles. The second-order valence-electron chi connectivity index (χ2n) is 4.30. The quantitative estimate of drug-likeness (QED) is 0.840. The van der Waals surface area contributed by atoms with Crippen LogP contribution in [0.25, 0.3) is 11.0 Å². The van der Waals surface area contributed by atoms with Crippen LogP contribution in [0, 0.1) is 11.3 Å². The highest BCUT2D eigenvalue weighted by atomic mass is 35.5. The van der Waals surface area contributed by atoms with Gasteiger partial charge < -0.3 is 4.57 Å². The van der Waals surface area contributed by atoms with Gasteiger partial charge in [-0.05, 0) is 18.2 Å². The first-order valence-corrected chi connectivity index (χ1v) is 8.27. The highest BCUT2D eigenvalue weighted by molar-refractivity contribution is 7.88. The SMILES string of the molecule is CS(=O)(=O)NCCn1c(CCl)nc2ccc(C#N)cc21. The van der Waals surface area contributed by atoms with E-state index in [1.807, 2.05) is 4.57 Å². The molecule has 1 heterocycles. The number of nitriles is 1. The van der Waals surface area contributed by atoms with Gasteiger partial charge in [-0.15, -0.1) is 11.6 Å². The Morgan fingerprint density at radius 3 is 2.85 bits per heavy atom. The number of fused-ring (bicyclic) bond motifs is 1. The van der Waals surface area contributed by atoms with Crippen molar-refractivity contribution in [2.45, 2.75) is 12.4 Å². The summed E-state index contributed by atoms with van der Waals surface area (Å²) in [6, 6.07) is 7.23. The number of halogens is 1. The second kappa shape index (κ2) is 5.79. The summed E-state index contributed by atoms with van der Waals surface area (Å²) in [4.78, 5) is 4.37. The van der Waals surface area contributed by atoms with E-state index in [0.29, 0.717) is 17.9 Å². The lowest BCUT2D eigenvalue weighted by atomic mass is 10.2. The molecule has 0 aliphatic heterocycles. The molecule has 6 nitrogen and oxygen atoms in total. The van der Waals surface area contributed by atoms with Crippen LogP contribution in [0.1, 0.15) is 11.4 Å². The highest BCUT2D eigenvalue weighted by Crippen LogP contribution is 2.19. The Balaban J connectivity index is 2.36. The van der Waals surface area contributed by atoms with Gasteiger partial charge in [-0.2, -0.15) is 5.26 Å². The van der Waals surface area contributed by atoms with Crippen molar-refractivity contribution < 1.29 is 8.42 Å². The van der Waals surface area contributed by atoms with Crippen LogP contribution < -0.4 is 4.72 Å². The molecule has 8 heteroatoms. The topological polar surface area (TPSA) is 87.8 Å². The first-order chi connectivity index (χ1) is 9.44. The van der Waals surface area contributed by atoms with Gasteiger partial charge in [0.2, 0.25) is 10.0 Å². The van der Waals surface area contributed by atoms with Crippen molar-refractivity contribution in [1.82, 2.24) is 14.3 Å². The fraction of sp³-hybridized carbons (Fsp3) is 0.333. The number of hydrogen-bond donors (Lipinski definition) is 1. The third-order valence-electron chi connectivity index (χ3n) is 2.78. The molecule has 0 saturated carbocycles. The summed E-state index contributed by atoms with van der Waals surface area (Å²) in [5.41, 5.74) is 2.03. The Bertz CT molecular complexity index is 777. The largest absolute Gasteiger partial charge is 0.326 e. The average Bonchev–Trinajstić information content (AvgIpc) is 2.74. The zero-order chi connectivity index (χ0) is 14.8. The van der Waals surface area contributed by atoms with Crippen molar-refractivity contribution >= 4 is 32.7 Å². The summed E-state index contributed by atoms with van der Waals surface area (Å²) < 4.78 is 26.4. The number of rotatable bonds is 5. The maximum absolute atomic E-state index is 11.1. The maximum Gasteiger partial charge on any atom is 0.208 e. The minimum atomic E-state index is -3.23. The van der Waals surface area contributed by atoms with Crippen LogP contribution in [-0.4, -0.2) is 30.8 Å². The van der Waals surface area contributed by atoms with Crippen LogP contribution >= 0.6 is 11.6 Å². The van der Waals surface area contributed by atoms with E-state index in [-0.39, 0.29) is 12.4 Å². The molecule has 0 spiro atoms. The lowest BCUT2D eigenvalue weighted by molar-refractivity contribution is 0.578. The van der Waals surface area contributed by atoms with Crippen LogP contribution in [0.3, 0.4) is 0 Å². The fourth-order valence-corrected chi connectivity index (χ4v) is 2.60. The Labute approximate surface area is 122 Å². The monoisotopic (exact) mass is 312 g/mol. The zero-order valence-corrected chi connectivity index (χ0v) is 12.4. The minimum Gasteiger partial charge on any atom is -0.326 e. The number of nitrogens with one attached hydrogen (secondary N) is 1. The molecular weight excluding hydrogens is 300 g/mol. The summed E-state index contributed by atoms with van der Waals surface area (Å²) in [6.45, 7) is 0.644. The van der Waals surface area contributed by atoms with Gasteiger partial charge >= 0.3 is 0 Å². The van der Waals surface area contributed by atoms with Crippen molar-refractivity contribution in [3.05, 3.63) is 29.6 Å². The predicted molar refractivity (Wildman–Crippen MR) is 76.9 cm³/mol. The fourth-order valence-electron chi connectivity index (χ4n) is 1.94. The van der Waals surface area contributed by atoms with Gasteiger partial charge in [-0.3, -0.25) is 0 Å². The molecule has 0 aliphatic rings. The first kappa shape index (κ1) is 14.8. The molecule has 2 aromatic rings. The second-order valence-corrected chi connectivity index (χ2v) is 6.40. The van der Waals surface area contributed by atoms with E-state index in [1.54, 1.807) is 18.2 Å². The first-order valence-electron chi connectivity index (χ1n) is 5.84. The standard InChI is InChI=1S/C12H13ClN4O2S/c1-20(18,19)15-4-5-17-11-6-9(8-14)2-3-10(11)16-12(17)7-13/h2-3,6,15H,4-5,7H2,1H3. The predicted octanol–water partition coefficient (Wildman–Crippen LogP) is 1.20.